The highest BCUT2D eigenvalue weighted by Crippen LogP contribution is 2.23. The Kier molecular flexibility index (Phi) is 3.98. The van der Waals surface area contributed by atoms with E-state index >= 15 is 0 Å². The van der Waals surface area contributed by atoms with Crippen molar-refractivity contribution < 1.29 is 9.59 Å². The molecular formula is C18H12ClNO2. The molecule has 22 heavy (non-hydrogen) atoms. The fraction of sp³-hybridized carbons (Fsp3) is 0.0556. The van der Waals surface area contributed by atoms with Crippen LogP contribution in [0.2, 0.25) is 0 Å². The van der Waals surface area contributed by atoms with Gasteiger partial charge in [-0.05, 0) is 11.6 Å². The Balaban J connectivity index is 1.93. The Morgan fingerprint density at radius 1 is 0.955 bits per heavy atom. The number of hydrogen-bond donors (Lipinski definition) is 0. The molecule has 0 fully saturated rings. The van der Waals surface area contributed by atoms with Crippen molar-refractivity contribution in [3.8, 4) is 0 Å². The molecule has 2 aromatic rings. The molecule has 1 amide bonds. The number of carbonyl (C=O) groups excluding carboxylic acids is 2. The quantitative estimate of drug-likeness (QED) is 0.851. The Morgan fingerprint density at radius 2 is 1.59 bits per heavy atom. The summed E-state index contributed by atoms with van der Waals surface area (Å²) in [7, 11) is 0. The van der Waals surface area contributed by atoms with Crippen LogP contribution in [-0.4, -0.2) is 17.4 Å². The Hall–Kier alpha value is -2.52. The van der Waals surface area contributed by atoms with Crippen LogP contribution >= 0.6 is 11.6 Å². The number of amides is 1. The van der Waals surface area contributed by atoms with E-state index < -0.39 is 0 Å². The van der Waals surface area contributed by atoms with Gasteiger partial charge in [-0.15, -0.1) is 0 Å². The summed E-state index contributed by atoms with van der Waals surface area (Å²) >= 11 is 5.95. The number of benzene rings is 2. The smallest absolute Gasteiger partial charge is 0.250 e. The molecule has 2 aromatic carbocycles. The van der Waals surface area contributed by atoms with Crippen LogP contribution in [0.4, 0.5) is 0 Å². The topological polar surface area (TPSA) is 46.5 Å². The van der Waals surface area contributed by atoms with Crippen LogP contribution in [0.3, 0.4) is 0 Å². The van der Waals surface area contributed by atoms with Crippen molar-refractivity contribution in [3.63, 3.8) is 0 Å². The monoisotopic (exact) mass is 309 g/mol. The number of ketones is 1. The average Bonchev–Trinajstić information content (AvgIpc) is 2.53. The maximum Gasteiger partial charge on any atom is 0.250 e. The van der Waals surface area contributed by atoms with Crippen LogP contribution in [0.1, 0.15) is 21.5 Å². The summed E-state index contributed by atoms with van der Waals surface area (Å²) in [5, 5.41) is 0.0740. The first-order valence-corrected chi connectivity index (χ1v) is 7.19. The molecule has 0 unspecified atom stereocenters. The highest BCUT2D eigenvalue weighted by atomic mass is 35.5. The largest absolute Gasteiger partial charge is 0.288 e. The number of fused-ring (bicyclic) bond motifs is 1. The fourth-order valence-corrected chi connectivity index (χ4v) is 2.54. The van der Waals surface area contributed by atoms with Gasteiger partial charge in [-0.3, -0.25) is 9.59 Å². The van der Waals surface area contributed by atoms with Gasteiger partial charge in [0.2, 0.25) is 5.78 Å². The second-order valence-corrected chi connectivity index (χ2v) is 5.33. The molecule has 0 radical (unpaired) electrons. The van der Waals surface area contributed by atoms with Crippen LogP contribution in [0.5, 0.6) is 0 Å². The molecule has 0 bridgehead atoms. The SMILES string of the molecule is O=C(Cc1ccccc1)N=C1C=C(Cl)C(=O)c2ccccc21. The highest BCUT2D eigenvalue weighted by Gasteiger charge is 2.23. The minimum Gasteiger partial charge on any atom is -0.288 e. The lowest BCUT2D eigenvalue weighted by molar-refractivity contribution is -0.117. The van der Waals surface area contributed by atoms with Crippen LogP contribution in [-0.2, 0) is 11.2 Å². The molecule has 0 saturated heterocycles. The summed E-state index contributed by atoms with van der Waals surface area (Å²) in [6, 6.07) is 16.4. The third-order valence-electron chi connectivity index (χ3n) is 3.37. The van der Waals surface area contributed by atoms with Gasteiger partial charge in [0.15, 0.2) is 0 Å². The molecule has 0 aliphatic heterocycles. The van der Waals surface area contributed by atoms with Gasteiger partial charge < -0.3 is 0 Å². The summed E-state index contributed by atoms with van der Waals surface area (Å²) in [6.07, 6.45) is 1.67. The third-order valence-corrected chi connectivity index (χ3v) is 3.65. The Bertz CT molecular complexity index is 807. The van der Waals surface area contributed by atoms with E-state index in [2.05, 4.69) is 4.99 Å². The van der Waals surface area contributed by atoms with E-state index in [1.165, 1.54) is 6.08 Å². The Morgan fingerprint density at radius 3 is 2.32 bits per heavy atom. The molecule has 3 rings (SSSR count). The van der Waals surface area contributed by atoms with E-state index in [0.717, 1.165) is 5.56 Å². The van der Waals surface area contributed by atoms with Gasteiger partial charge in [-0.25, -0.2) is 4.99 Å². The third kappa shape index (κ3) is 2.90. The van der Waals surface area contributed by atoms with Gasteiger partial charge in [0, 0.05) is 11.1 Å². The van der Waals surface area contributed by atoms with Gasteiger partial charge in [0.05, 0.1) is 17.2 Å². The highest BCUT2D eigenvalue weighted by molar-refractivity contribution is 6.49. The van der Waals surface area contributed by atoms with E-state index in [9.17, 15) is 9.59 Å². The maximum absolute atomic E-state index is 12.1. The Labute approximate surface area is 133 Å². The number of nitrogens with zero attached hydrogens (tertiary/aromatic N) is 1. The lowest BCUT2D eigenvalue weighted by Gasteiger charge is -2.13. The van der Waals surface area contributed by atoms with Gasteiger partial charge in [0.25, 0.3) is 5.91 Å². The van der Waals surface area contributed by atoms with Crippen LogP contribution < -0.4 is 0 Å². The minimum atomic E-state index is -0.272. The molecule has 0 heterocycles. The lowest BCUT2D eigenvalue weighted by Crippen LogP contribution is -2.16. The summed E-state index contributed by atoms with van der Waals surface area (Å²) < 4.78 is 0. The minimum absolute atomic E-state index is 0.0740. The van der Waals surface area contributed by atoms with Gasteiger partial charge in [-0.2, -0.15) is 0 Å². The van der Waals surface area contributed by atoms with E-state index in [0.29, 0.717) is 16.8 Å². The number of Topliss-reactive ketones (excluding diaryl/α,β-unsaturated/α-hetero) is 1. The first-order valence-electron chi connectivity index (χ1n) is 6.82. The number of halogens is 1. The summed E-state index contributed by atoms with van der Waals surface area (Å²) in [6.45, 7) is 0. The predicted octanol–water partition coefficient (Wildman–Crippen LogP) is 3.56. The van der Waals surface area contributed by atoms with Crippen molar-refractivity contribution >= 4 is 29.0 Å². The average molecular weight is 310 g/mol. The second-order valence-electron chi connectivity index (χ2n) is 4.92. The number of aliphatic imine (C=N–C) groups is 1. The lowest BCUT2D eigenvalue weighted by atomic mass is 9.94. The first kappa shape index (κ1) is 14.4. The van der Waals surface area contributed by atoms with Crippen molar-refractivity contribution in [2.75, 3.05) is 0 Å². The summed E-state index contributed by atoms with van der Waals surface area (Å²) in [4.78, 5) is 28.3. The van der Waals surface area contributed by atoms with Crippen molar-refractivity contribution in [2.24, 2.45) is 4.99 Å². The molecule has 4 heteroatoms. The summed E-state index contributed by atoms with van der Waals surface area (Å²) in [5.41, 5.74) is 2.44. The first-order chi connectivity index (χ1) is 10.6. The number of allylic oxidation sites excluding steroid dienone is 2. The zero-order valence-electron chi connectivity index (χ0n) is 11.6. The molecular weight excluding hydrogens is 298 g/mol. The predicted molar refractivity (Wildman–Crippen MR) is 86.4 cm³/mol. The number of carbonyl (C=O) groups is 2. The van der Waals surface area contributed by atoms with E-state index in [1.807, 2.05) is 30.3 Å². The maximum atomic E-state index is 12.1. The molecule has 108 valence electrons. The van der Waals surface area contributed by atoms with E-state index in [4.69, 9.17) is 11.6 Å². The van der Waals surface area contributed by atoms with Crippen molar-refractivity contribution in [1.29, 1.82) is 0 Å². The number of rotatable bonds is 2. The summed E-state index contributed by atoms with van der Waals surface area (Å²) in [5.74, 6) is -0.516. The molecule has 0 spiro atoms. The van der Waals surface area contributed by atoms with Crippen molar-refractivity contribution in [2.45, 2.75) is 6.42 Å². The zero-order chi connectivity index (χ0) is 15.5. The molecule has 3 nitrogen and oxygen atoms in total. The van der Waals surface area contributed by atoms with E-state index in [1.54, 1.807) is 24.3 Å². The molecule has 0 saturated carbocycles. The molecule has 0 atom stereocenters. The van der Waals surface area contributed by atoms with Gasteiger partial charge in [0.1, 0.15) is 0 Å². The zero-order valence-corrected chi connectivity index (χ0v) is 12.4. The van der Waals surface area contributed by atoms with Gasteiger partial charge >= 0.3 is 0 Å². The molecule has 0 aromatic heterocycles. The number of hydrogen-bond acceptors (Lipinski definition) is 2. The van der Waals surface area contributed by atoms with Crippen LogP contribution in [0, 0.1) is 0 Å². The normalized spacial score (nSPS) is 15.4. The van der Waals surface area contributed by atoms with Crippen molar-refractivity contribution in [1.82, 2.24) is 0 Å². The standard InChI is InChI=1S/C18H12ClNO2/c19-15-11-16(13-8-4-5-9-14(13)18(15)22)20-17(21)10-12-6-2-1-3-7-12/h1-9,11H,10H2. The fourth-order valence-electron chi connectivity index (χ4n) is 2.33. The van der Waals surface area contributed by atoms with E-state index in [-0.39, 0.29) is 23.1 Å². The second kappa shape index (κ2) is 6.08. The van der Waals surface area contributed by atoms with Gasteiger partial charge in [-0.1, -0.05) is 66.2 Å². The molecule has 0 N–H and O–H groups in total. The molecule has 1 aliphatic carbocycles. The molecule has 1 aliphatic rings. The van der Waals surface area contributed by atoms with Crippen LogP contribution in [0.15, 0.2) is 70.7 Å². The van der Waals surface area contributed by atoms with Crippen molar-refractivity contribution in [3.05, 3.63) is 82.4 Å². The van der Waals surface area contributed by atoms with Crippen LogP contribution in [0.25, 0.3) is 0 Å².